The molecular formula is C10H11NO. The minimum absolute atomic E-state index is 0.190. The minimum atomic E-state index is 0.190. The zero-order valence-electron chi connectivity index (χ0n) is 6.79. The van der Waals surface area contributed by atoms with Crippen molar-refractivity contribution in [1.82, 2.24) is 0 Å². The quantitative estimate of drug-likeness (QED) is 0.411. The van der Waals surface area contributed by atoms with Crippen molar-refractivity contribution in [2.45, 2.75) is 0 Å². The summed E-state index contributed by atoms with van der Waals surface area (Å²) in [6, 6.07) is 9.34. The molecule has 12 heavy (non-hydrogen) atoms. The van der Waals surface area contributed by atoms with E-state index in [-0.39, 0.29) is 5.90 Å². The van der Waals surface area contributed by atoms with Crippen LogP contribution in [0.2, 0.25) is 0 Å². The van der Waals surface area contributed by atoms with Gasteiger partial charge in [-0.15, -0.1) is 0 Å². The van der Waals surface area contributed by atoms with Gasteiger partial charge in [0.1, 0.15) is 6.61 Å². The smallest absolute Gasteiger partial charge is 0.213 e. The number of nitrogens with one attached hydrogen (secondary N) is 1. The summed E-state index contributed by atoms with van der Waals surface area (Å²) >= 11 is 0. The fraction of sp³-hybridized carbons (Fsp3) is 0.100. The molecule has 0 bridgehead atoms. The summed E-state index contributed by atoms with van der Waals surface area (Å²) in [6.07, 6.45) is 1.62. The SMILES string of the molecule is C=CCOC(=N)c1ccccc1. The molecule has 0 aliphatic carbocycles. The molecule has 0 aliphatic heterocycles. The molecule has 2 heteroatoms. The van der Waals surface area contributed by atoms with Gasteiger partial charge in [0.15, 0.2) is 0 Å². The first kappa shape index (κ1) is 8.53. The Morgan fingerprint density at radius 1 is 1.42 bits per heavy atom. The molecule has 2 nitrogen and oxygen atoms in total. The predicted octanol–water partition coefficient (Wildman–Crippen LogP) is 2.21. The van der Waals surface area contributed by atoms with Gasteiger partial charge in [-0.25, -0.2) is 0 Å². The van der Waals surface area contributed by atoms with E-state index in [9.17, 15) is 0 Å². The van der Waals surface area contributed by atoms with E-state index in [2.05, 4.69) is 6.58 Å². The van der Waals surface area contributed by atoms with Gasteiger partial charge in [0, 0.05) is 5.56 Å². The molecule has 1 aromatic carbocycles. The zero-order chi connectivity index (χ0) is 8.81. The molecule has 0 atom stereocenters. The van der Waals surface area contributed by atoms with Crippen LogP contribution < -0.4 is 0 Å². The third-order valence-electron chi connectivity index (χ3n) is 1.38. The maximum absolute atomic E-state index is 7.46. The molecule has 1 N–H and O–H groups in total. The molecule has 62 valence electrons. The molecule has 0 saturated heterocycles. The molecule has 0 saturated carbocycles. The monoisotopic (exact) mass is 161 g/mol. The molecule has 0 fully saturated rings. The van der Waals surface area contributed by atoms with Crippen LogP contribution in [0.5, 0.6) is 0 Å². The summed E-state index contributed by atoms with van der Waals surface area (Å²) in [5.41, 5.74) is 0.791. The van der Waals surface area contributed by atoms with E-state index in [0.717, 1.165) is 5.56 Å². The van der Waals surface area contributed by atoms with Gasteiger partial charge in [0.2, 0.25) is 5.90 Å². The number of ether oxygens (including phenoxy) is 1. The number of benzene rings is 1. The Labute approximate surface area is 72.0 Å². The van der Waals surface area contributed by atoms with Crippen molar-refractivity contribution in [2.24, 2.45) is 0 Å². The molecule has 1 rings (SSSR count). The average Bonchev–Trinajstić information content (AvgIpc) is 2.15. The number of hydrogen-bond donors (Lipinski definition) is 1. The second-order valence-electron chi connectivity index (χ2n) is 2.29. The summed E-state index contributed by atoms with van der Waals surface area (Å²) in [5.74, 6) is 0.190. The fourth-order valence-electron chi connectivity index (χ4n) is 0.815. The standard InChI is InChI=1S/C10H11NO/c1-2-8-12-10(11)9-6-4-3-5-7-9/h2-7,11H,1,8H2. The van der Waals surface area contributed by atoms with Crippen molar-refractivity contribution in [3.63, 3.8) is 0 Å². The highest BCUT2D eigenvalue weighted by Crippen LogP contribution is 2.00. The lowest BCUT2D eigenvalue weighted by Gasteiger charge is -2.03. The van der Waals surface area contributed by atoms with Gasteiger partial charge in [-0.05, 0) is 12.1 Å². The first-order valence-corrected chi connectivity index (χ1v) is 3.72. The normalized spacial score (nSPS) is 9.00. The summed E-state index contributed by atoms with van der Waals surface area (Å²) in [7, 11) is 0. The summed E-state index contributed by atoms with van der Waals surface area (Å²) in [5, 5.41) is 7.46. The van der Waals surface area contributed by atoms with Crippen LogP contribution in [0.3, 0.4) is 0 Å². The lowest BCUT2D eigenvalue weighted by molar-refractivity contribution is 0.349. The van der Waals surface area contributed by atoms with Crippen LogP contribution in [-0.2, 0) is 4.74 Å². The Bertz CT molecular complexity index is 266. The third-order valence-corrected chi connectivity index (χ3v) is 1.38. The topological polar surface area (TPSA) is 33.1 Å². The Hall–Kier alpha value is -1.57. The molecule has 0 unspecified atom stereocenters. The van der Waals surface area contributed by atoms with Crippen molar-refractivity contribution in [1.29, 1.82) is 5.41 Å². The summed E-state index contributed by atoms with van der Waals surface area (Å²) < 4.78 is 5.04. The fourth-order valence-corrected chi connectivity index (χ4v) is 0.815. The lowest BCUT2D eigenvalue weighted by Crippen LogP contribution is -2.04. The van der Waals surface area contributed by atoms with Gasteiger partial charge in [0.05, 0.1) is 0 Å². The number of rotatable bonds is 3. The van der Waals surface area contributed by atoms with Gasteiger partial charge in [-0.2, -0.15) is 0 Å². The van der Waals surface area contributed by atoms with Crippen LogP contribution in [0.1, 0.15) is 5.56 Å². The van der Waals surface area contributed by atoms with Crippen molar-refractivity contribution in [3.05, 3.63) is 48.6 Å². The van der Waals surface area contributed by atoms with Crippen molar-refractivity contribution in [2.75, 3.05) is 6.61 Å². The number of hydrogen-bond acceptors (Lipinski definition) is 2. The summed E-state index contributed by atoms with van der Waals surface area (Å²) in [4.78, 5) is 0. The van der Waals surface area contributed by atoms with Gasteiger partial charge in [-0.3, -0.25) is 5.41 Å². The van der Waals surface area contributed by atoms with Crippen LogP contribution in [-0.4, -0.2) is 12.5 Å². The molecule has 1 aromatic rings. The average molecular weight is 161 g/mol. The first-order valence-electron chi connectivity index (χ1n) is 3.72. The zero-order valence-corrected chi connectivity index (χ0v) is 6.79. The van der Waals surface area contributed by atoms with Crippen LogP contribution in [0.15, 0.2) is 43.0 Å². The van der Waals surface area contributed by atoms with Gasteiger partial charge < -0.3 is 4.74 Å². The van der Waals surface area contributed by atoms with E-state index in [1.807, 2.05) is 30.3 Å². The lowest BCUT2D eigenvalue weighted by atomic mass is 10.2. The molecule has 0 aromatic heterocycles. The van der Waals surface area contributed by atoms with Crippen LogP contribution in [0, 0.1) is 5.41 Å². The maximum Gasteiger partial charge on any atom is 0.213 e. The second-order valence-corrected chi connectivity index (χ2v) is 2.29. The highest BCUT2D eigenvalue weighted by Gasteiger charge is 1.98. The van der Waals surface area contributed by atoms with Crippen molar-refractivity contribution in [3.8, 4) is 0 Å². The van der Waals surface area contributed by atoms with E-state index < -0.39 is 0 Å². The highest BCUT2D eigenvalue weighted by molar-refractivity contribution is 5.91. The Kier molecular flexibility index (Phi) is 3.08. The maximum atomic E-state index is 7.46. The Balaban J connectivity index is 2.59. The molecule has 0 heterocycles. The summed E-state index contributed by atoms with van der Waals surface area (Å²) in [6.45, 7) is 3.89. The minimum Gasteiger partial charge on any atom is -0.473 e. The van der Waals surface area contributed by atoms with E-state index in [1.54, 1.807) is 6.08 Å². The van der Waals surface area contributed by atoms with Gasteiger partial charge >= 0.3 is 0 Å². The van der Waals surface area contributed by atoms with Crippen LogP contribution in [0.4, 0.5) is 0 Å². The van der Waals surface area contributed by atoms with Crippen LogP contribution in [0.25, 0.3) is 0 Å². The van der Waals surface area contributed by atoms with E-state index >= 15 is 0 Å². The van der Waals surface area contributed by atoms with Gasteiger partial charge in [-0.1, -0.05) is 30.9 Å². The third kappa shape index (κ3) is 2.23. The van der Waals surface area contributed by atoms with Crippen molar-refractivity contribution >= 4 is 5.90 Å². The first-order chi connectivity index (χ1) is 5.84. The molecule has 0 spiro atoms. The predicted molar refractivity (Wildman–Crippen MR) is 49.4 cm³/mol. The molecule has 0 amide bonds. The highest BCUT2D eigenvalue weighted by atomic mass is 16.5. The Morgan fingerprint density at radius 2 is 2.08 bits per heavy atom. The Morgan fingerprint density at radius 3 is 2.67 bits per heavy atom. The van der Waals surface area contributed by atoms with Crippen LogP contribution >= 0.6 is 0 Å². The van der Waals surface area contributed by atoms with Gasteiger partial charge in [0.25, 0.3) is 0 Å². The second kappa shape index (κ2) is 4.34. The van der Waals surface area contributed by atoms with Crippen molar-refractivity contribution < 1.29 is 4.74 Å². The van der Waals surface area contributed by atoms with E-state index in [0.29, 0.717) is 6.61 Å². The van der Waals surface area contributed by atoms with E-state index in [1.165, 1.54) is 0 Å². The van der Waals surface area contributed by atoms with E-state index in [4.69, 9.17) is 10.1 Å². The molecular weight excluding hydrogens is 150 g/mol. The molecule has 0 aliphatic rings. The largest absolute Gasteiger partial charge is 0.473 e. The molecule has 0 radical (unpaired) electrons.